The van der Waals surface area contributed by atoms with Crippen LogP contribution in [-0.2, 0) is 6.61 Å². The third-order valence-electron chi connectivity index (χ3n) is 2.38. The summed E-state index contributed by atoms with van der Waals surface area (Å²) in [6.45, 7) is 0.466. The number of aromatic hydroxyl groups is 1. The maximum atomic E-state index is 9.28. The molecule has 2 rings (SSSR count). The zero-order chi connectivity index (χ0) is 12.1. The van der Waals surface area contributed by atoms with Crippen molar-refractivity contribution in [2.24, 2.45) is 0 Å². The summed E-state index contributed by atoms with van der Waals surface area (Å²) in [5.41, 5.74) is 1.05. The Morgan fingerprint density at radius 3 is 2.33 bits per heavy atom. The number of methoxy groups -OCH3 is 1. The van der Waals surface area contributed by atoms with Crippen LogP contribution < -0.4 is 9.47 Å². The van der Waals surface area contributed by atoms with Gasteiger partial charge in [-0.05, 0) is 29.8 Å². The minimum Gasteiger partial charge on any atom is -0.508 e. The van der Waals surface area contributed by atoms with Gasteiger partial charge in [-0.15, -0.1) is 0 Å². The number of benzene rings is 2. The Morgan fingerprint density at radius 2 is 1.72 bits per heavy atom. The molecule has 1 N–H and O–H groups in total. The maximum Gasteiger partial charge on any atom is 0.123 e. The second-order valence-electron chi connectivity index (χ2n) is 3.63. The standard InChI is InChI=1S/C14H14O3.CH4/c1-16-13-7-5-11(6-8-13)10-17-14-4-2-3-12(15)9-14;/h2-9,15H,10H2,1H3;1H4. The van der Waals surface area contributed by atoms with Crippen molar-refractivity contribution in [2.45, 2.75) is 14.0 Å². The Balaban J connectivity index is 0.00000162. The molecule has 0 fully saturated rings. The van der Waals surface area contributed by atoms with Gasteiger partial charge in [0.25, 0.3) is 0 Å². The number of ether oxygens (including phenoxy) is 2. The second kappa shape index (κ2) is 6.55. The van der Waals surface area contributed by atoms with Crippen LogP contribution in [0.3, 0.4) is 0 Å². The van der Waals surface area contributed by atoms with Crippen LogP contribution in [0.25, 0.3) is 0 Å². The second-order valence-corrected chi connectivity index (χ2v) is 3.63. The minimum atomic E-state index is 0. The topological polar surface area (TPSA) is 38.7 Å². The predicted molar refractivity (Wildman–Crippen MR) is 72.2 cm³/mol. The van der Waals surface area contributed by atoms with Gasteiger partial charge in [-0.1, -0.05) is 25.6 Å². The smallest absolute Gasteiger partial charge is 0.123 e. The van der Waals surface area contributed by atoms with Gasteiger partial charge >= 0.3 is 0 Å². The Kier molecular flexibility index (Phi) is 5.06. The van der Waals surface area contributed by atoms with E-state index in [-0.39, 0.29) is 13.2 Å². The lowest BCUT2D eigenvalue weighted by molar-refractivity contribution is 0.304. The average molecular weight is 246 g/mol. The lowest BCUT2D eigenvalue weighted by atomic mass is 10.2. The van der Waals surface area contributed by atoms with E-state index in [1.165, 1.54) is 0 Å². The summed E-state index contributed by atoms with van der Waals surface area (Å²) >= 11 is 0. The molecular weight excluding hydrogens is 228 g/mol. The molecule has 0 aromatic heterocycles. The summed E-state index contributed by atoms with van der Waals surface area (Å²) < 4.78 is 10.6. The van der Waals surface area contributed by atoms with Crippen molar-refractivity contribution >= 4 is 0 Å². The molecule has 18 heavy (non-hydrogen) atoms. The SMILES string of the molecule is C.COc1ccc(COc2cccc(O)c2)cc1. The van der Waals surface area contributed by atoms with Gasteiger partial charge in [0.2, 0.25) is 0 Å². The molecule has 0 saturated heterocycles. The first-order valence-electron chi connectivity index (χ1n) is 5.33. The Morgan fingerprint density at radius 1 is 1.00 bits per heavy atom. The molecule has 0 radical (unpaired) electrons. The van der Waals surface area contributed by atoms with Crippen LogP contribution in [-0.4, -0.2) is 12.2 Å². The summed E-state index contributed by atoms with van der Waals surface area (Å²) in [7, 11) is 1.64. The van der Waals surface area contributed by atoms with E-state index in [0.29, 0.717) is 12.4 Å². The van der Waals surface area contributed by atoms with Crippen molar-refractivity contribution in [1.82, 2.24) is 0 Å². The fraction of sp³-hybridized carbons (Fsp3) is 0.200. The fourth-order valence-corrected chi connectivity index (χ4v) is 1.46. The highest BCUT2D eigenvalue weighted by Gasteiger charge is 1.97. The van der Waals surface area contributed by atoms with Crippen molar-refractivity contribution in [1.29, 1.82) is 0 Å². The fourth-order valence-electron chi connectivity index (χ4n) is 1.46. The van der Waals surface area contributed by atoms with Crippen molar-refractivity contribution in [3.8, 4) is 17.2 Å². The average Bonchev–Trinajstić information content (AvgIpc) is 2.37. The largest absolute Gasteiger partial charge is 0.508 e. The molecule has 0 aliphatic heterocycles. The van der Waals surface area contributed by atoms with Gasteiger partial charge in [-0.2, -0.15) is 0 Å². The minimum absolute atomic E-state index is 0. The molecule has 0 unspecified atom stereocenters. The van der Waals surface area contributed by atoms with E-state index in [0.717, 1.165) is 11.3 Å². The molecule has 96 valence electrons. The highest BCUT2D eigenvalue weighted by molar-refractivity contribution is 5.32. The summed E-state index contributed by atoms with van der Waals surface area (Å²) in [4.78, 5) is 0. The van der Waals surface area contributed by atoms with Crippen LogP contribution in [0, 0.1) is 0 Å². The number of phenols is 1. The molecule has 3 heteroatoms. The third kappa shape index (κ3) is 3.70. The molecule has 0 bridgehead atoms. The lowest BCUT2D eigenvalue weighted by Gasteiger charge is -2.07. The van der Waals surface area contributed by atoms with E-state index in [9.17, 15) is 5.11 Å². The van der Waals surface area contributed by atoms with Crippen molar-refractivity contribution < 1.29 is 14.6 Å². The van der Waals surface area contributed by atoms with Crippen molar-refractivity contribution in [3.05, 3.63) is 54.1 Å². The van der Waals surface area contributed by atoms with Crippen LogP contribution in [0.4, 0.5) is 0 Å². The van der Waals surface area contributed by atoms with E-state index in [1.807, 2.05) is 30.3 Å². The van der Waals surface area contributed by atoms with E-state index in [2.05, 4.69) is 0 Å². The lowest BCUT2D eigenvalue weighted by Crippen LogP contribution is -1.95. The molecule has 0 amide bonds. The molecule has 0 saturated carbocycles. The Bertz CT molecular complexity index is 477. The summed E-state index contributed by atoms with van der Waals surface area (Å²) in [5.74, 6) is 1.68. The Labute approximate surface area is 108 Å². The van der Waals surface area contributed by atoms with Gasteiger partial charge < -0.3 is 14.6 Å². The van der Waals surface area contributed by atoms with Crippen LogP contribution in [0.15, 0.2) is 48.5 Å². The highest BCUT2D eigenvalue weighted by atomic mass is 16.5. The zero-order valence-corrected chi connectivity index (χ0v) is 9.59. The molecule has 0 spiro atoms. The normalized spacial score (nSPS) is 9.39. The van der Waals surface area contributed by atoms with Gasteiger partial charge in [0.05, 0.1) is 7.11 Å². The molecule has 3 nitrogen and oxygen atoms in total. The van der Waals surface area contributed by atoms with Crippen LogP contribution >= 0.6 is 0 Å². The van der Waals surface area contributed by atoms with Crippen molar-refractivity contribution in [2.75, 3.05) is 7.11 Å². The van der Waals surface area contributed by atoms with E-state index < -0.39 is 0 Å². The van der Waals surface area contributed by atoms with Gasteiger partial charge in [0.1, 0.15) is 23.9 Å². The van der Waals surface area contributed by atoms with Crippen LogP contribution in [0.1, 0.15) is 13.0 Å². The molecule has 0 aliphatic carbocycles. The summed E-state index contributed by atoms with van der Waals surface area (Å²) in [5, 5.41) is 9.28. The molecule has 2 aromatic carbocycles. The monoisotopic (exact) mass is 246 g/mol. The van der Waals surface area contributed by atoms with Gasteiger partial charge in [0, 0.05) is 6.07 Å². The first kappa shape index (κ1) is 13.9. The quantitative estimate of drug-likeness (QED) is 0.895. The molecule has 0 atom stereocenters. The number of hydrogen-bond acceptors (Lipinski definition) is 3. The highest BCUT2D eigenvalue weighted by Crippen LogP contribution is 2.19. The zero-order valence-electron chi connectivity index (χ0n) is 9.59. The van der Waals surface area contributed by atoms with Gasteiger partial charge in [-0.25, -0.2) is 0 Å². The first-order chi connectivity index (χ1) is 8.28. The number of hydrogen-bond donors (Lipinski definition) is 1. The molecule has 0 heterocycles. The van der Waals surface area contributed by atoms with E-state index >= 15 is 0 Å². The third-order valence-corrected chi connectivity index (χ3v) is 2.38. The first-order valence-corrected chi connectivity index (χ1v) is 5.33. The summed E-state index contributed by atoms with van der Waals surface area (Å²) in [6, 6.07) is 14.4. The number of phenolic OH excluding ortho intramolecular Hbond substituents is 1. The molecule has 0 aliphatic rings. The van der Waals surface area contributed by atoms with Gasteiger partial charge in [-0.3, -0.25) is 0 Å². The maximum absolute atomic E-state index is 9.28. The molecular formula is C15H18O3. The van der Waals surface area contributed by atoms with Crippen LogP contribution in [0.2, 0.25) is 0 Å². The Hall–Kier alpha value is -2.16. The number of rotatable bonds is 4. The van der Waals surface area contributed by atoms with E-state index in [1.54, 1.807) is 25.3 Å². The van der Waals surface area contributed by atoms with Crippen molar-refractivity contribution in [3.63, 3.8) is 0 Å². The van der Waals surface area contributed by atoms with Crippen LogP contribution in [0.5, 0.6) is 17.2 Å². The molecule has 2 aromatic rings. The summed E-state index contributed by atoms with van der Waals surface area (Å²) in [6.07, 6.45) is 0. The van der Waals surface area contributed by atoms with Gasteiger partial charge in [0.15, 0.2) is 0 Å². The van der Waals surface area contributed by atoms with E-state index in [4.69, 9.17) is 9.47 Å². The predicted octanol–water partition coefficient (Wildman–Crippen LogP) is 3.62.